The number of para-hydroxylation sites is 1. The number of carbonyl (C=O) groups excluding carboxylic acids is 1. The fraction of sp³-hybridized carbons (Fsp3) is 0.321. The second-order valence-electron chi connectivity index (χ2n) is 9.88. The average molecular weight is 582 g/mol. The van der Waals surface area contributed by atoms with Crippen molar-refractivity contribution < 1.29 is 23.6 Å². The van der Waals surface area contributed by atoms with E-state index in [1.807, 2.05) is 29.2 Å². The van der Waals surface area contributed by atoms with Crippen molar-refractivity contribution in [2.24, 2.45) is 0 Å². The van der Waals surface area contributed by atoms with Crippen LogP contribution in [0.1, 0.15) is 35.4 Å². The Kier molecular flexibility index (Phi) is 6.11. The Bertz CT molecular complexity index is 1450. The summed E-state index contributed by atoms with van der Waals surface area (Å²) in [6, 6.07) is 15.6. The van der Waals surface area contributed by atoms with Gasteiger partial charge in [-0.1, -0.05) is 30.3 Å². The number of methoxy groups -OCH3 is 1. The average Bonchev–Trinajstić information content (AvgIpc) is 3.56. The number of rotatable bonds is 6. The molecule has 0 bridgehead atoms. The van der Waals surface area contributed by atoms with E-state index in [2.05, 4.69) is 21.2 Å². The molecule has 10 heteroatoms. The van der Waals surface area contributed by atoms with Crippen LogP contribution in [0.15, 0.2) is 65.1 Å². The normalized spacial score (nSPS) is 25.8. The van der Waals surface area contributed by atoms with Gasteiger partial charge in [0.05, 0.1) is 17.5 Å². The van der Waals surface area contributed by atoms with Gasteiger partial charge in [0.2, 0.25) is 0 Å². The lowest BCUT2D eigenvalue weighted by Crippen LogP contribution is -2.55. The van der Waals surface area contributed by atoms with E-state index < -0.39 is 17.5 Å². The first-order valence-corrected chi connectivity index (χ1v) is 13.2. The Morgan fingerprint density at radius 1 is 1.21 bits per heavy atom. The molecule has 2 fully saturated rings. The van der Waals surface area contributed by atoms with E-state index >= 15 is 0 Å². The lowest BCUT2D eigenvalue weighted by molar-refractivity contribution is -0.534. The summed E-state index contributed by atoms with van der Waals surface area (Å²) in [5.41, 5.74) is 1.23. The molecule has 6 rings (SSSR count). The van der Waals surface area contributed by atoms with Crippen molar-refractivity contribution in [3.05, 3.63) is 97.8 Å². The Morgan fingerprint density at radius 3 is 2.79 bits per heavy atom. The van der Waals surface area contributed by atoms with Crippen LogP contribution < -0.4 is 14.8 Å². The Labute approximate surface area is 227 Å². The highest BCUT2D eigenvalue weighted by Gasteiger charge is 2.73. The molecule has 4 atom stereocenters. The summed E-state index contributed by atoms with van der Waals surface area (Å²) < 4.78 is 25.8. The predicted octanol–water partition coefficient (Wildman–Crippen LogP) is 5.23. The maximum absolute atomic E-state index is 13.6. The van der Waals surface area contributed by atoms with Gasteiger partial charge in [-0.3, -0.25) is 19.8 Å². The summed E-state index contributed by atoms with van der Waals surface area (Å²) in [5.74, 6) is -0.456. The van der Waals surface area contributed by atoms with Crippen molar-refractivity contribution in [1.82, 2.24) is 4.90 Å². The van der Waals surface area contributed by atoms with Crippen LogP contribution in [0, 0.1) is 15.9 Å². The number of benzene rings is 3. The summed E-state index contributed by atoms with van der Waals surface area (Å²) in [4.78, 5) is 28.2. The molecule has 3 aromatic carbocycles. The monoisotopic (exact) mass is 581 g/mol. The molecular formula is C28H25BrFN3O5. The second kappa shape index (κ2) is 9.36. The molecule has 0 aromatic heterocycles. The number of anilines is 1. The molecule has 0 saturated carbocycles. The van der Waals surface area contributed by atoms with E-state index in [9.17, 15) is 19.3 Å². The van der Waals surface area contributed by atoms with E-state index in [1.54, 1.807) is 24.3 Å². The molecule has 196 valence electrons. The molecule has 3 heterocycles. The number of halogens is 2. The van der Waals surface area contributed by atoms with Crippen molar-refractivity contribution in [2.45, 2.75) is 43.0 Å². The van der Waals surface area contributed by atoms with E-state index in [-0.39, 0.29) is 29.3 Å². The summed E-state index contributed by atoms with van der Waals surface area (Å²) >= 11 is 3.57. The topological polar surface area (TPSA) is 93.9 Å². The van der Waals surface area contributed by atoms with Gasteiger partial charge >= 0.3 is 0 Å². The van der Waals surface area contributed by atoms with Crippen LogP contribution in [0.3, 0.4) is 0 Å². The summed E-state index contributed by atoms with van der Waals surface area (Å²) in [6.07, 6.45) is 1.58. The minimum absolute atomic E-state index is 0.115. The van der Waals surface area contributed by atoms with Crippen LogP contribution >= 0.6 is 15.9 Å². The van der Waals surface area contributed by atoms with E-state index in [0.717, 1.165) is 12.8 Å². The molecule has 2 saturated heterocycles. The largest absolute Gasteiger partial charge is 0.493 e. The van der Waals surface area contributed by atoms with E-state index in [1.165, 1.54) is 19.2 Å². The molecule has 1 amide bonds. The highest BCUT2D eigenvalue weighted by atomic mass is 79.9. The van der Waals surface area contributed by atoms with Crippen molar-refractivity contribution in [3.8, 4) is 11.5 Å². The first-order valence-electron chi connectivity index (χ1n) is 12.4. The molecule has 1 spiro atoms. The molecule has 0 aliphatic carbocycles. The van der Waals surface area contributed by atoms with Gasteiger partial charge in [-0.25, -0.2) is 4.39 Å². The summed E-state index contributed by atoms with van der Waals surface area (Å²) in [5, 5.41) is 15.7. The van der Waals surface area contributed by atoms with Gasteiger partial charge in [0.1, 0.15) is 12.4 Å². The number of hydrogen-bond acceptors (Lipinski definition) is 6. The van der Waals surface area contributed by atoms with Crippen LogP contribution in [0.5, 0.6) is 11.5 Å². The standard InChI is InChI=1S/C28H25BrFN3O5/c1-37-23-14-17(13-20(29)25(23)38-15-16-6-4-7-18(30)12-16)24-22-10-5-11-32(22)28(26(24)33(35)36)19-8-2-3-9-21(19)31-27(28)34/h2-4,6-9,12-14,22,24,26H,5,10-11,15H2,1H3,(H,31,34)/t22-,24+,26-,28+/m0/s1. The van der Waals surface area contributed by atoms with Gasteiger partial charge < -0.3 is 14.8 Å². The first kappa shape index (κ1) is 24.8. The molecule has 8 nitrogen and oxygen atoms in total. The SMILES string of the molecule is COc1cc([C@H]2[C@H]([N+](=O)[O-])[C@]3(C(=O)Nc4ccccc43)N3CCC[C@@H]23)cc(Br)c1OCc1cccc(F)c1. The van der Waals surface area contributed by atoms with Gasteiger partial charge in [-0.05, 0) is 70.2 Å². The van der Waals surface area contributed by atoms with Gasteiger partial charge in [-0.15, -0.1) is 0 Å². The molecular weight excluding hydrogens is 557 g/mol. The number of nitrogens with one attached hydrogen (secondary N) is 1. The van der Waals surface area contributed by atoms with Crippen LogP contribution in [0.4, 0.5) is 10.1 Å². The third kappa shape index (κ3) is 3.61. The zero-order chi connectivity index (χ0) is 26.6. The molecule has 3 aliphatic rings. The molecule has 0 radical (unpaired) electrons. The van der Waals surface area contributed by atoms with Crippen molar-refractivity contribution >= 4 is 27.5 Å². The maximum atomic E-state index is 13.6. The van der Waals surface area contributed by atoms with Gasteiger partial charge in [-0.2, -0.15) is 0 Å². The van der Waals surface area contributed by atoms with Crippen molar-refractivity contribution in [1.29, 1.82) is 0 Å². The van der Waals surface area contributed by atoms with Crippen LogP contribution in [0.2, 0.25) is 0 Å². The van der Waals surface area contributed by atoms with E-state index in [0.29, 0.717) is 44.9 Å². The van der Waals surface area contributed by atoms with Gasteiger partial charge in [0.15, 0.2) is 17.0 Å². The minimum atomic E-state index is -1.39. The number of fused-ring (bicyclic) bond motifs is 4. The molecule has 38 heavy (non-hydrogen) atoms. The molecule has 0 unspecified atom stereocenters. The quantitative estimate of drug-likeness (QED) is 0.316. The lowest BCUT2D eigenvalue weighted by Gasteiger charge is -2.32. The smallest absolute Gasteiger partial charge is 0.256 e. The molecule has 1 N–H and O–H groups in total. The van der Waals surface area contributed by atoms with E-state index in [4.69, 9.17) is 9.47 Å². The number of hydrogen-bond donors (Lipinski definition) is 1. The highest BCUT2D eigenvalue weighted by molar-refractivity contribution is 9.10. The number of amides is 1. The zero-order valence-electron chi connectivity index (χ0n) is 20.5. The van der Waals surface area contributed by atoms with Gasteiger partial charge in [0, 0.05) is 28.8 Å². The van der Waals surface area contributed by atoms with Crippen LogP contribution in [-0.2, 0) is 16.9 Å². The number of carbonyl (C=O) groups is 1. The van der Waals surface area contributed by atoms with Crippen LogP contribution in [-0.4, -0.2) is 41.5 Å². The summed E-state index contributed by atoms with van der Waals surface area (Å²) in [7, 11) is 1.50. The Balaban J connectivity index is 1.43. The third-order valence-electron chi connectivity index (χ3n) is 8.00. The second-order valence-corrected chi connectivity index (χ2v) is 10.7. The highest BCUT2D eigenvalue weighted by Crippen LogP contribution is 2.58. The summed E-state index contributed by atoms with van der Waals surface area (Å²) in [6.45, 7) is 0.712. The Hall–Kier alpha value is -3.50. The Morgan fingerprint density at radius 2 is 2.03 bits per heavy atom. The fourth-order valence-electron chi connectivity index (χ4n) is 6.63. The van der Waals surface area contributed by atoms with Crippen molar-refractivity contribution in [3.63, 3.8) is 0 Å². The van der Waals surface area contributed by atoms with Gasteiger partial charge in [0.25, 0.3) is 11.9 Å². The molecule has 3 aromatic rings. The van der Waals surface area contributed by atoms with Crippen LogP contribution in [0.25, 0.3) is 0 Å². The number of nitrogens with zero attached hydrogens (tertiary/aromatic N) is 2. The third-order valence-corrected chi connectivity index (χ3v) is 8.59. The minimum Gasteiger partial charge on any atom is -0.493 e. The maximum Gasteiger partial charge on any atom is 0.256 e. The zero-order valence-corrected chi connectivity index (χ0v) is 22.1. The number of ether oxygens (including phenoxy) is 2. The van der Waals surface area contributed by atoms with Crippen molar-refractivity contribution in [2.75, 3.05) is 19.0 Å². The lowest BCUT2D eigenvalue weighted by atomic mass is 9.77. The predicted molar refractivity (Wildman–Crippen MR) is 141 cm³/mol. The first-order chi connectivity index (χ1) is 18.4. The molecule has 3 aliphatic heterocycles. The fourth-order valence-corrected chi connectivity index (χ4v) is 7.20. The number of nitro groups is 1.